The first-order chi connectivity index (χ1) is 15.0. The second-order valence-corrected chi connectivity index (χ2v) is 7.70. The molecule has 0 aliphatic carbocycles. The summed E-state index contributed by atoms with van der Waals surface area (Å²) < 4.78 is 0. The molecule has 1 aromatic rings. The number of carbonyl (C=O) groups excluding carboxylic acids is 2. The topological polar surface area (TPSA) is 206 Å². The van der Waals surface area contributed by atoms with E-state index >= 15 is 0 Å². The number of hydrogen-bond donors (Lipinski definition) is 7. The largest absolute Gasteiger partial charge is 0.508 e. The molecule has 0 aromatic heterocycles. The molecule has 0 saturated carbocycles. The molecule has 0 aliphatic heterocycles. The Morgan fingerprint density at radius 3 is 2.25 bits per heavy atom. The monoisotopic (exact) mass is 450 g/mol. The zero-order chi connectivity index (χ0) is 24.3. The van der Waals surface area contributed by atoms with Crippen LogP contribution < -0.4 is 27.8 Å². The lowest BCUT2D eigenvalue weighted by Crippen LogP contribution is -2.56. The highest BCUT2D eigenvalue weighted by molar-refractivity contribution is 5.92. The highest BCUT2D eigenvalue weighted by atomic mass is 16.4. The summed E-state index contributed by atoms with van der Waals surface area (Å²) in [5, 5.41) is 23.9. The first kappa shape index (κ1) is 26.7. The van der Waals surface area contributed by atoms with Gasteiger partial charge in [-0.3, -0.25) is 14.6 Å². The molecule has 32 heavy (non-hydrogen) atoms. The van der Waals surface area contributed by atoms with Gasteiger partial charge in [0, 0.05) is 6.54 Å². The molecular weight excluding hydrogens is 416 g/mol. The van der Waals surface area contributed by atoms with Gasteiger partial charge in [0.2, 0.25) is 11.8 Å². The number of nitrogens with zero attached hydrogens (tertiary/aromatic N) is 1. The van der Waals surface area contributed by atoms with Crippen LogP contribution in [0.2, 0.25) is 0 Å². The number of carboxylic acid groups (broad SMARTS) is 1. The molecule has 0 radical (unpaired) electrons. The van der Waals surface area contributed by atoms with Gasteiger partial charge in [0.25, 0.3) is 0 Å². The highest BCUT2D eigenvalue weighted by Crippen LogP contribution is 2.13. The molecule has 2 amide bonds. The molecule has 0 aliphatic rings. The van der Waals surface area contributed by atoms with Crippen LogP contribution in [-0.4, -0.2) is 58.6 Å². The number of carboxylic acids is 1. The lowest BCUT2D eigenvalue weighted by molar-refractivity contribution is -0.142. The summed E-state index contributed by atoms with van der Waals surface area (Å²) in [4.78, 5) is 40.8. The summed E-state index contributed by atoms with van der Waals surface area (Å²) in [6.07, 6.45) is 1.27. The van der Waals surface area contributed by atoms with Gasteiger partial charge in [0.1, 0.15) is 17.8 Å². The Kier molecular flexibility index (Phi) is 11.0. The van der Waals surface area contributed by atoms with E-state index in [0.29, 0.717) is 12.8 Å². The number of guanidine groups is 1. The number of phenols is 1. The van der Waals surface area contributed by atoms with Crippen molar-refractivity contribution in [2.75, 3.05) is 6.54 Å². The van der Waals surface area contributed by atoms with Gasteiger partial charge in [-0.25, -0.2) is 4.79 Å². The predicted octanol–water partition coefficient (Wildman–Crippen LogP) is -0.584. The fourth-order valence-electron chi connectivity index (χ4n) is 2.96. The van der Waals surface area contributed by atoms with E-state index in [0.717, 1.165) is 5.56 Å². The second kappa shape index (κ2) is 13.2. The fraction of sp³-hybridized carbons (Fsp3) is 0.524. The molecular formula is C21H34N6O5. The zero-order valence-corrected chi connectivity index (χ0v) is 18.5. The average molecular weight is 451 g/mol. The van der Waals surface area contributed by atoms with E-state index in [1.807, 2.05) is 6.92 Å². The number of aliphatic carboxylic acids is 1. The molecule has 1 rings (SSSR count). The first-order valence-electron chi connectivity index (χ1n) is 10.5. The smallest absolute Gasteiger partial charge is 0.326 e. The minimum Gasteiger partial charge on any atom is -0.508 e. The maximum Gasteiger partial charge on any atom is 0.326 e. The van der Waals surface area contributed by atoms with Crippen molar-refractivity contribution < 1.29 is 24.6 Å². The van der Waals surface area contributed by atoms with Gasteiger partial charge < -0.3 is 38.0 Å². The molecule has 0 fully saturated rings. The van der Waals surface area contributed by atoms with Crippen molar-refractivity contribution in [3.05, 3.63) is 29.8 Å². The van der Waals surface area contributed by atoms with Gasteiger partial charge >= 0.3 is 5.97 Å². The summed E-state index contributed by atoms with van der Waals surface area (Å²) >= 11 is 0. The number of carbonyl (C=O) groups is 3. The molecule has 10 N–H and O–H groups in total. The van der Waals surface area contributed by atoms with Crippen molar-refractivity contribution in [1.82, 2.24) is 10.6 Å². The Hall–Kier alpha value is -3.34. The number of hydrogen-bond acceptors (Lipinski definition) is 6. The van der Waals surface area contributed by atoms with E-state index in [2.05, 4.69) is 15.6 Å². The van der Waals surface area contributed by atoms with Gasteiger partial charge in [-0.2, -0.15) is 0 Å². The maximum absolute atomic E-state index is 12.8. The molecule has 178 valence electrons. The number of nitrogens with two attached hydrogens (primary N) is 3. The highest BCUT2D eigenvalue weighted by Gasteiger charge is 2.30. The maximum atomic E-state index is 12.8. The first-order valence-corrected chi connectivity index (χ1v) is 10.5. The summed E-state index contributed by atoms with van der Waals surface area (Å²) in [5.74, 6) is -2.56. The molecule has 0 saturated heterocycles. The van der Waals surface area contributed by atoms with Crippen LogP contribution in [0, 0.1) is 5.92 Å². The number of phenolic OH excluding ortho intramolecular Hbond substituents is 1. The number of amides is 2. The van der Waals surface area contributed by atoms with Crippen molar-refractivity contribution >= 4 is 23.7 Å². The van der Waals surface area contributed by atoms with Crippen molar-refractivity contribution in [2.24, 2.45) is 28.1 Å². The van der Waals surface area contributed by atoms with Crippen molar-refractivity contribution in [3.63, 3.8) is 0 Å². The number of aliphatic imine (C=N–C) groups is 1. The summed E-state index contributed by atoms with van der Waals surface area (Å²) in [6, 6.07) is 3.28. The summed E-state index contributed by atoms with van der Waals surface area (Å²) in [7, 11) is 0. The van der Waals surface area contributed by atoms with Crippen LogP contribution in [-0.2, 0) is 20.8 Å². The van der Waals surface area contributed by atoms with E-state index in [1.165, 1.54) is 12.1 Å². The Bertz CT molecular complexity index is 794. The quantitative estimate of drug-likeness (QED) is 0.117. The van der Waals surface area contributed by atoms with Crippen LogP contribution in [0.5, 0.6) is 5.75 Å². The van der Waals surface area contributed by atoms with Crippen molar-refractivity contribution in [3.8, 4) is 5.75 Å². The Balaban J connectivity index is 2.78. The number of benzene rings is 1. The van der Waals surface area contributed by atoms with Crippen LogP contribution in [0.4, 0.5) is 0 Å². The Morgan fingerprint density at radius 2 is 1.72 bits per heavy atom. The van der Waals surface area contributed by atoms with E-state index in [4.69, 9.17) is 17.2 Å². The minimum atomic E-state index is -1.19. The van der Waals surface area contributed by atoms with Gasteiger partial charge in [-0.05, 0) is 42.9 Å². The molecule has 0 heterocycles. The molecule has 4 unspecified atom stereocenters. The molecule has 0 spiro atoms. The van der Waals surface area contributed by atoms with Crippen LogP contribution in [0.3, 0.4) is 0 Å². The Morgan fingerprint density at radius 1 is 1.09 bits per heavy atom. The zero-order valence-electron chi connectivity index (χ0n) is 18.5. The minimum absolute atomic E-state index is 0.0934. The third-order valence-corrected chi connectivity index (χ3v) is 5.08. The third kappa shape index (κ3) is 9.21. The van der Waals surface area contributed by atoms with Crippen LogP contribution >= 0.6 is 0 Å². The lowest BCUT2D eigenvalue weighted by atomic mass is 9.96. The number of rotatable bonds is 13. The van der Waals surface area contributed by atoms with Crippen LogP contribution in [0.25, 0.3) is 0 Å². The summed E-state index contributed by atoms with van der Waals surface area (Å²) in [6.45, 7) is 3.88. The molecule has 1 aromatic carbocycles. The molecule has 0 bridgehead atoms. The van der Waals surface area contributed by atoms with Crippen molar-refractivity contribution in [1.29, 1.82) is 0 Å². The van der Waals surface area contributed by atoms with Crippen LogP contribution in [0.15, 0.2) is 29.3 Å². The summed E-state index contributed by atoms with van der Waals surface area (Å²) in [5.41, 5.74) is 17.2. The lowest BCUT2D eigenvalue weighted by Gasteiger charge is -2.26. The number of aromatic hydroxyl groups is 1. The molecule has 11 heteroatoms. The van der Waals surface area contributed by atoms with E-state index in [-0.39, 0.29) is 37.0 Å². The normalized spacial score (nSPS) is 14.5. The van der Waals surface area contributed by atoms with Gasteiger partial charge in [-0.15, -0.1) is 0 Å². The van der Waals surface area contributed by atoms with Gasteiger partial charge in [-0.1, -0.05) is 32.4 Å². The van der Waals surface area contributed by atoms with E-state index in [1.54, 1.807) is 19.1 Å². The van der Waals surface area contributed by atoms with E-state index < -0.39 is 35.9 Å². The molecule has 11 nitrogen and oxygen atoms in total. The van der Waals surface area contributed by atoms with Crippen molar-refractivity contribution in [2.45, 2.75) is 57.7 Å². The third-order valence-electron chi connectivity index (χ3n) is 5.08. The van der Waals surface area contributed by atoms with E-state index in [9.17, 15) is 24.6 Å². The number of nitrogens with one attached hydrogen (secondary N) is 2. The molecule has 4 atom stereocenters. The second-order valence-electron chi connectivity index (χ2n) is 7.70. The van der Waals surface area contributed by atoms with Crippen LogP contribution in [0.1, 0.15) is 38.7 Å². The Labute approximate surface area is 187 Å². The average Bonchev–Trinajstić information content (AvgIpc) is 2.74. The standard InChI is InChI=1S/C21H34N6O5/c1-3-12(2)17(19(30)26-16(20(31)32)5-4-10-25-21(23)24)27-18(29)15(22)11-13-6-8-14(28)9-7-13/h6-9,12,15-17,28H,3-5,10-11,22H2,1-2H3,(H,26,30)(H,27,29)(H,31,32)(H4,23,24,25). The van der Waals surface area contributed by atoms with Gasteiger partial charge in [0.15, 0.2) is 5.96 Å². The SMILES string of the molecule is CCC(C)C(NC(=O)C(N)Cc1ccc(O)cc1)C(=O)NC(CCCN=C(N)N)C(=O)O. The predicted molar refractivity (Wildman–Crippen MR) is 121 cm³/mol. The van der Waals surface area contributed by atoms with Gasteiger partial charge in [0.05, 0.1) is 6.04 Å². The fourth-order valence-corrected chi connectivity index (χ4v) is 2.96.